The number of carbonyl (C=O) groups excluding carboxylic acids is 2. The summed E-state index contributed by atoms with van der Waals surface area (Å²) in [4.78, 5) is 37.0. The molecule has 0 saturated heterocycles. The lowest BCUT2D eigenvalue weighted by molar-refractivity contribution is 0.0950. The van der Waals surface area contributed by atoms with E-state index in [0.29, 0.717) is 31.6 Å². The minimum Gasteiger partial charge on any atom is -0.508 e. The summed E-state index contributed by atoms with van der Waals surface area (Å²) >= 11 is 0. The zero-order valence-electron chi connectivity index (χ0n) is 16.4. The first-order chi connectivity index (χ1) is 14.5. The van der Waals surface area contributed by atoms with Crippen molar-refractivity contribution in [1.82, 2.24) is 15.2 Å². The Morgan fingerprint density at radius 3 is 2.33 bits per heavy atom. The van der Waals surface area contributed by atoms with Crippen molar-refractivity contribution in [3.8, 4) is 5.75 Å². The number of aromatic hydroxyl groups is 1. The highest BCUT2D eigenvalue weighted by Gasteiger charge is 2.12. The third kappa shape index (κ3) is 5.57. The second kappa shape index (κ2) is 10.1. The van der Waals surface area contributed by atoms with Gasteiger partial charge < -0.3 is 20.3 Å². The molecule has 0 spiro atoms. The number of nitrogens with zero attached hydrogens (tertiary/aromatic N) is 1. The van der Waals surface area contributed by atoms with Gasteiger partial charge in [0.2, 0.25) is 0 Å². The number of hydrogen-bond donors (Lipinski definition) is 3. The van der Waals surface area contributed by atoms with Crippen LogP contribution >= 0.6 is 0 Å². The van der Waals surface area contributed by atoms with Crippen LogP contribution in [0.4, 0.5) is 0 Å². The Morgan fingerprint density at radius 2 is 1.60 bits per heavy atom. The molecule has 3 aromatic rings. The summed E-state index contributed by atoms with van der Waals surface area (Å²) in [5.41, 5.74) is 1.06. The fourth-order valence-corrected chi connectivity index (χ4v) is 2.95. The van der Waals surface area contributed by atoms with E-state index in [1.807, 2.05) is 30.3 Å². The summed E-state index contributed by atoms with van der Waals surface area (Å²) in [6.45, 7) is 1.05. The molecule has 1 heterocycles. The number of hydrogen-bond acceptors (Lipinski definition) is 4. The summed E-state index contributed by atoms with van der Waals surface area (Å²) in [6, 6.07) is 18.8. The van der Waals surface area contributed by atoms with E-state index in [-0.39, 0.29) is 22.8 Å². The Morgan fingerprint density at radius 1 is 0.867 bits per heavy atom. The van der Waals surface area contributed by atoms with Crippen LogP contribution in [-0.2, 0) is 6.54 Å². The lowest BCUT2D eigenvalue weighted by Crippen LogP contribution is -2.34. The van der Waals surface area contributed by atoms with E-state index < -0.39 is 5.91 Å². The number of phenolic OH excluding ortho intramolecular Hbond substituents is 1. The predicted molar refractivity (Wildman–Crippen MR) is 114 cm³/mol. The van der Waals surface area contributed by atoms with Gasteiger partial charge in [0, 0.05) is 24.8 Å². The van der Waals surface area contributed by atoms with E-state index in [9.17, 15) is 19.5 Å². The third-order valence-corrected chi connectivity index (χ3v) is 4.49. The Balaban J connectivity index is 1.49. The molecule has 0 saturated carbocycles. The van der Waals surface area contributed by atoms with E-state index in [2.05, 4.69) is 10.6 Å². The molecule has 0 aliphatic heterocycles. The molecule has 2 aromatic carbocycles. The van der Waals surface area contributed by atoms with Gasteiger partial charge in [-0.1, -0.05) is 36.4 Å². The van der Waals surface area contributed by atoms with Crippen LogP contribution in [0.5, 0.6) is 5.75 Å². The van der Waals surface area contributed by atoms with Crippen LogP contribution < -0.4 is 16.2 Å². The molecule has 0 aliphatic carbocycles. The van der Waals surface area contributed by atoms with Crippen LogP contribution in [0.15, 0.2) is 77.7 Å². The largest absolute Gasteiger partial charge is 0.508 e. The first kappa shape index (κ1) is 20.9. The van der Waals surface area contributed by atoms with Gasteiger partial charge >= 0.3 is 0 Å². The van der Waals surface area contributed by atoms with Crippen molar-refractivity contribution < 1.29 is 14.7 Å². The molecule has 2 amide bonds. The molecule has 0 fully saturated rings. The van der Waals surface area contributed by atoms with Crippen molar-refractivity contribution in [3.63, 3.8) is 0 Å². The van der Waals surface area contributed by atoms with E-state index in [0.717, 1.165) is 5.56 Å². The molecule has 7 heteroatoms. The maximum absolute atomic E-state index is 12.6. The van der Waals surface area contributed by atoms with Gasteiger partial charge in [-0.25, -0.2) is 0 Å². The molecule has 0 aliphatic rings. The van der Waals surface area contributed by atoms with Crippen LogP contribution in [0.1, 0.15) is 32.7 Å². The number of phenols is 1. The SMILES string of the molecule is O=C(NCCCNC(=O)c1cccn(Cc2ccccc2)c1=O)c1cccc(O)c1. The van der Waals surface area contributed by atoms with Crippen molar-refractivity contribution in [2.24, 2.45) is 0 Å². The fourth-order valence-electron chi connectivity index (χ4n) is 2.95. The molecule has 7 nitrogen and oxygen atoms in total. The average molecular weight is 405 g/mol. The summed E-state index contributed by atoms with van der Waals surface area (Å²) in [7, 11) is 0. The first-order valence-electron chi connectivity index (χ1n) is 9.63. The Kier molecular flexibility index (Phi) is 7.00. The van der Waals surface area contributed by atoms with Gasteiger partial charge in [0.25, 0.3) is 17.4 Å². The standard InChI is InChI=1S/C23H23N3O4/c27-19-10-4-9-18(15-19)21(28)24-12-6-13-25-22(29)20-11-5-14-26(23(20)30)16-17-7-2-1-3-8-17/h1-5,7-11,14-15,27H,6,12-13,16H2,(H,24,28)(H,25,29). The molecular weight excluding hydrogens is 382 g/mol. The Labute approximate surface area is 174 Å². The van der Waals surface area contributed by atoms with E-state index in [1.54, 1.807) is 24.4 Å². The van der Waals surface area contributed by atoms with Gasteiger partial charge in [-0.2, -0.15) is 0 Å². The number of benzene rings is 2. The van der Waals surface area contributed by atoms with E-state index in [1.165, 1.54) is 22.8 Å². The summed E-state index contributed by atoms with van der Waals surface area (Å²) < 4.78 is 1.50. The van der Waals surface area contributed by atoms with Gasteiger partial charge in [-0.3, -0.25) is 14.4 Å². The number of rotatable bonds is 8. The molecule has 154 valence electrons. The quantitative estimate of drug-likeness (QED) is 0.500. The summed E-state index contributed by atoms with van der Waals surface area (Å²) in [6.07, 6.45) is 2.16. The van der Waals surface area contributed by atoms with Gasteiger partial charge in [0.15, 0.2) is 0 Å². The van der Waals surface area contributed by atoms with Crippen LogP contribution in [0.25, 0.3) is 0 Å². The third-order valence-electron chi connectivity index (χ3n) is 4.49. The van der Waals surface area contributed by atoms with Crippen LogP contribution in [0.3, 0.4) is 0 Å². The summed E-state index contributed by atoms with van der Waals surface area (Å²) in [5, 5.41) is 14.8. The topological polar surface area (TPSA) is 100 Å². The smallest absolute Gasteiger partial charge is 0.263 e. The van der Waals surface area contributed by atoms with Gasteiger partial charge in [0.05, 0.1) is 6.54 Å². The highest BCUT2D eigenvalue weighted by molar-refractivity contribution is 5.94. The van der Waals surface area contributed by atoms with Crippen LogP contribution in [-0.4, -0.2) is 34.6 Å². The van der Waals surface area contributed by atoms with Crippen molar-refractivity contribution in [3.05, 3.63) is 100.0 Å². The number of carbonyl (C=O) groups is 2. The fraction of sp³-hybridized carbons (Fsp3) is 0.174. The Bertz CT molecular complexity index is 1080. The molecule has 0 atom stereocenters. The van der Waals surface area contributed by atoms with E-state index in [4.69, 9.17) is 0 Å². The lowest BCUT2D eigenvalue weighted by atomic mass is 10.2. The zero-order chi connectivity index (χ0) is 21.3. The van der Waals surface area contributed by atoms with Crippen LogP contribution in [0, 0.1) is 0 Å². The number of nitrogens with one attached hydrogen (secondary N) is 2. The number of aromatic nitrogens is 1. The second-order valence-electron chi connectivity index (χ2n) is 6.76. The summed E-state index contributed by atoms with van der Waals surface area (Å²) in [5.74, 6) is -0.721. The molecular formula is C23H23N3O4. The average Bonchev–Trinajstić information content (AvgIpc) is 2.75. The predicted octanol–water partition coefficient (Wildman–Crippen LogP) is 2.15. The number of pyridine rings is 1. The monoisotopic (exact) mass is 405 g/mol. The maximum Gasteiger partial charge on any atom is 0.263 e. The van der Waals surface area contributed by atoms with Crippen molar-refractivity contribution in [2.45, 2.75) is 13.0 Å². The van der Waals surface area contributed by atoms with Crippen molar-refractivity contribution in [1.29, 1.82) is 0 Å². The minimum atomic E-state index is -0.443. The van der Waals surface area contributed by atoms with Gasteiger partial charge in [0.1, 0.15) is 11.3 Å². The zero-order valence-corrected chi connectivity index (χ0v) is 16.4. The minimum absolute atomic E-state index is 0.0238. The maximum atomic E-state index is 12.6. The molecule has 1 aromatic heterocycles. The van der Waals surface area contributed by atoms with Crippen molar-refractivity contribution >= 4 is 11.8 Å². The second-order valence-corrected chi connectivity index (χ2v) is 6.76. The van der Waals surface area contributed by atoms with E-state index >= 15 is 0 Å². The highest BCUT2D eigenvalue weighted by atomic mass is 16.3. The molecule has 0 bridgehead atoms. The Hall–Kier alpha value is -3.87. The molecule has 3 rings (SSSR count). The first-order valence-corrected chi connectivity index (χ1v) is 9.63. The normalized spacial score (nSPS) is 10.4. The van der Waals surface area contributed by atoms with Crippen LogP contribution in [0.2, 0.25) is 0 Å². The van der Waals surface area contributed by atoms with Crippen molar-refractivity contribution in [2.75, 3.05) is 13.1 Å². The number of amides is 2. The molecule has 3 N–H and O–H groups in total. The lowest BCUT2D eigenvalue weighted by Gasteiger charge is -2.09. The molecule has 30 heavy (non-hydrogen) atoms. The molecule has 0 radical (unpaired) electrons. The highest BCUT2D eigenvalue weighted by Crippen LogP contribution is 2.10. The molecule has 0 unspecified atom stereocenters. The van der Waals surface area contributed by atoms with Gasteiger partial charge in [-0.05, 0) is 42.3 Å². The van der Waals surface area contributed by atoms with Gasteiger partial charge in [-0.15, -0.1) is 0 Å².